The Labute approximate surface area is 204 Å². The van der Waals surface area contributed by atoms with Gasteiger partial charge >= 0.3 is 0 Å². The van der Waals surface area contributed by atoms with Crippen LogP contribution in [0.1, 0.15) is 59.8 Å². The van der Waals surface area contributed by atoms with Crippen molar-refractivity contribution in [3.05, 3.63) is 95.1 Å². The summed E-state index contributed by atoms with van der Waals surface area (Å²) in [5.74, 6) is 0. The average Bonchev–Trinajstić information content (AvgIpc) is 2.89. The van der Waals surface area contributed by atoms with E-state index < -0.39 is 0 Å². The van der Waals surface area contributed by atoms with Crippen LogP contribution in [0.3, 0.4) is 0 Å². The van der Waals surface area contributed by atoms with Crippen LogP contribution < -0.4 is 5.73 Å². The Bertz CT molecular complexity index is 1050. The number of hydrogen-bond donors (Lipinski definition) is 1. The minimum absolute atomic E-state index is 0.400. The lowest BCUT2D eigenvalue weighted by Gasteiger charge is -2.42. The number of fused-ring (bicyclic) bond motifs is 2. The average molecular weight is 456 g/mol. The van der Waals surface area contributed by atoms with Gasteiger partial charge in [-0.2, -0.15) is 0 Å². The Balaban J connectivity index is 1.42. The maximum Gasteiger partial charge on any atom is 0.0607 e. The lowest BCUT2D eigenvalue weighted by atomic mass is 9.89. The van der Waals surface area contributed by atoms with E-state index in [0.29, 0.717) is 12.1 Å². The molecule has 0 radical (unpaired) electrons. The van der Waals surface area contributed by atoms with Crippen molar-refractivity contribution in [1.82, 2.24) is 19.8 Å². The molecule has 178 valence electrons. The molecular formula is C29H37N5. The van der Waals surface area contributed by atoms with Crippen LogP contribution in [-0.4, -0.2) is 45.4 Å². The van der Waals surface area contributed by atoms with E-state index in [4.69, 9.17) is 10.7 Å². The number of pyridine rings is 2. The van der Waals surface area contributed by atoms with Gasteiger partial charge in [0.05, 0.1) is 17.4 Å². The van der Waals surface area contributed by atoms with Crippen molar-refractivity contribution in [2.75, 3.05) is 19.6 Å². The van der Waals surface area contributed by atoms with Crippen LogP contribution in [0, 0.1) is 0 Å². The van der Waals surface area contributed by atoms with Gasteiger partial charge in [0.15, 0.2) is 0 Å². The Morgan fingerprint density at radius 1 is 0.912 bits per heavy atom. The molecule has 2 aromatic heterocycles. The molecule has 0 unspecified atom stereocenters. The Morgan fingerprint density at radius 3 is 2.59 bits per heavy atom. The molecule has 0 fully saturated rings. The van der Waals surface area contributed by atoms with Gasteiger partial charge in [-0.05, 0) is 86.5 Å². The number of rotatable bonds is 9. The highest BCUT2D eigenvalue weighted by Gasteiger charge is 2.32. The van der Waals surface area contributed by atoms with Gasteiger partial charge in [0.25, 0.3) is 0 Å². The Kier molecular flexibility index (Phi) is 7.64. The van der Waals surface area contributed by atoms with E-state index >= 15 is 0 Å². The van der Waals surface area contributed by atoms with Crippen LogP contribution in [0.5, 0.6) is 0 Å². The van der Waals surface area contributed by atoms with E-state index in [1.54, 1.807) is 0 Å². The number of unbranched alkanes of at least 4 members (excludes halogenated alkanes) is 1. The van der Waals surface area contributed by atoms with Crippen molar-refractivity contribution < 1.29 is 0 Å². The normalized spacial score (nSPS) is 20.2. The summed E-state index contributed by atoms with van der Waals surface area (Å²) in [6.07, 6.45) is 10.8. The monoisotopic (exact) mass is 455 g/mol. The number of aromatic nitrogens is 2. The molecule has 5 rings (SSSR count). The lowest BCUT2D eigenvalue weighted by Crippen LogP contribution is -2.48. The summed E-state index contributed by atoms with van der Waals surface area (Å²) in [5, 5.41) is 0. The summed E-state index contributed by atoms with van der Waals surface area (Å²) in [6.45, 7) is 4.75. The lowest BCUT2D eigenvalue weighted by molar-refractivity contribution is 0.0818. The molecule has 0 spiro atoms. The third-order valence-corrected chi connectivity index (χ3v) is 7.51. The molecule has 0 saturated heterocycles. The second kappa shape index (κ2) is 11.2. The van der Waals surface area contributed by atoms with Gasteiger partial charge < -0.3 is 5.73 Å². The molecule has 1 aliphatic heterocycles. The summed E-state index contributed by atoms with van der Waals surface area (Å²) in [4.78, 5) is 14.9. The van der Waals surface area contributed by atoms with Crippen molar-refractivity contribution in [3.63, 3.8) is 0 Å². The quantitative estimate of drug-likeness (QED) is 0.481. The summed E-state index contributed by atoms with van der Waals surface area (Å²) < 4.78 is 0. The Hall–Kier alpha value is -2.60. The standard InChI is InChI=1S/C29H37N5/c30-15-4-6-18-33(28-14-7-11-23-12-8-17-32-29(23)28)22-27-19-24-9-1-2-10-25(24)20-34(27)21-26-13-3-5-16-31-26/h1-3,5,8-10,12-13,16-17,27-28H,4,6-7,11,14-15,18-22,30H2/t27-,28+/m1/s1. The van der Waals surface area contributed by atoms with Crippen molar-refractivity contribution in [3.8, 4) is 0 Å². The van der Waals surface area contributed by atoms with Crippen molar-refractivity contribution in [2.45, 2.75) is 63.7 Å². The molecule has 0 bridgehead atoms. The van der Waals surface area contributed by atoms with Crippen LogP contribution in [0.15, 0.2) is 67.0 Å². The second-order valence-electron chi connectivity index (χ2n) is 9.80. The SMILES string of the molecule is NCCCCN(C[C@H]1Cc2ccccc2CN1Cc1ccccn1)[C@H]1CCCc2cccnc21. The van der Waals surface area contributed by atoms with Gasteiger partial charge in [-0.15, -0.1) is 0 Å². The van der Waals surface area contributed by atoms with Gasteiger partial charge in [0.1, 0.15) is 0 Å². The second-order valence-corrected chi connectivity index (χ2v) is 9.80. The fourth-order valence-corrected chi connectivity index (χ4v) is 5.75. The summed E-state index contributed by atoms with van der Waals surface area (Å²) >= 11 is 0. The first-order valence-electron chi connectivity index (χ1n) is 12.9. The fraction of sp³-hybridized carbons (Fsp3) is 0.448. The Morgan fingerprint density at radius 2 is 1.74 bits per heavy atom. The van der Waals surface area contributed by atoms with E-state index in [1.165, 1.54) is 35.2 Å². The fourth-order valence-electron chi connectivity index (χ4n) is 5.75. The molecule has 2 N–H and O–H groups in total. The first kappa shape index (κ1) is 23.2. The minimum atomic E-state index is 0.400. The van der Waals surface area contributed by atoms with E-state index in [0.717, 1.165) is 64.1 Å². The van der Waals surface area contributed by atoms with Crippen molar-refractivity contribution in [2.24, 2.45) is 5.73 Å². The molecule has 3 aromatic rings. The molecule has 5 heteroatoms. The maximum atomic E-state index is 5.87. The molecule has 0 saturated carbocycles. The van der Waals surface area contributed by atoms with Crippen molar-refractivity contribution in [1.29, 1.82) is 0 Å². The molecule has 2 aliphatic rings. The zero-order chi connectivity index (χ0) is 23.2. The van der Waals surface area contributed by atoms with Gasteiger partial charge in [0.2, 0.25) is 0 Å². The van der Waals surface area contributed by atoms with Crippen LogP contribution in [0.25, 0.3) is 0 Å². The van der Waals surface area contributed by atoms with Crippen LogP contribution in [0.2, 0.25) is 0 Å². The maximum absolute atomic E-state index is 5.87. The van der Waals surface area contributed by atoms with Gasteiger partial charge in [-0.25, -0.2) is 0 Å². The zero-order valence-corrected chi connectivity index (χ0v) is 20.1. The van der Waals surface area contributed by atoms with Crippen LogP contribution >= 0.6 is 0 Å². The first-order chi connectivity index (χ1) is 16.8. The van der Waals surface area contributed by atoms with Gasteiger partial charge in [-0.3, -0.25) is 19.8 Å². The third-order valence-electron chi connectivity index (χ3n) is 7.51. The molecule has 0 amide bonds. The highest BCUT2D eigenvalue weighted by atomic mass is 15.2. The van der Waals surface area contributed by atoms with Crippen LogP contribution in [0.4, 0.5) is 0 Å². The summed E-state index contributed by atoms with van der Waals surface area (Å²) in [7, 11) is 0. The van der Waals surface area contributed by atoms with Gasteiger partial charge in [-0.1, -0.05) is 36.4 Å². The van der Waals surface area contributed by atoms with E-state index in [2.05, 4.69) is 63.3 Å². The number of nitrogens with zero attached hydrogens (tertiary/aromatic N) is 4. The molecule has 5 nitrogen and oxygen atoms in total. The minimum Gasteiger partial charge on any atom is -0.330 e. The largest absolute Gasteiger partial charge is 0.330 e. The molecule has 34 heavy (non-hydrogen) atoms. The van der Waals surface area contributed by atoms with E-state index in [1.807, 2.05) is 18.5 Å². The molecule has 2 atom stereocenters. The number of benzene rings is 1. The predicted molar refractivity (Wildman–Crippen MR) is 137 cm³/mol. The smallest absolute Gasteiger partial charge is 0.0607 e. The highest BCUT2D eigenvalue weighted by Crippen LogP contribution is 2.34. The van der Waals surface area contributed by atoms with E-state index in [9.17, 15) is 0 Å². The number of aryl methyl sites for hydroxylation is 1. The van der Waals surface area contributed by atoms with E-state index in [-0.39, 0.29) is 0 Å². The van der Waals surface area contributed by atoms with Gasteiger partial charge in [0, 0.05) is 38.1 Å². The summed E-state index contributed by atoms with van der Waals surface area (Å²) in [6, 6.07) is 20.4. The molecule has 1 aromatic carbocycles. The first-order valence-corrected chi connectivity index (χ1v) is 12.9. The molecule has 1 aliphatic carbocycles. The summed E-state index contributed by atoms with van der Waals surface area (Å²) in [5.41, 5.74) is 12.7. The zero-order valence-electron chi connectivity index (χ0n) is 20.1. The van der Waals surface area contributed by atoms with Crippen LogP contribution in [-0.2, 0) is 25.9 Å². The molecular weight excluding hydrogens is 418 g/mol. The number of hydrogen-bond acceptors (Lipinski definition) is 5. The predicted octanol–water partition coefficient (Wildman–Crippen LogP) is 4.52. The molecule has 3 heterocycles. The number of nitrogens with two attached hydrogens (primary N) is 1. The highest BCUT2D eigenvalue weighted by molar-refractivity contribution is 5.31. The van der Waals surface area contributed by atoms with Crippen molar-refractivity contribution >= 4 is 0 Å². The third kappa shape index (κ3) is 5.38. The topological polar surface area (TPSA) is 58.3 Å².